The second-order valence-corrected chi connectivity index (χ2v) is 9.15. The lowest BCUT2D eigenvalue weighted by Crippen LogP contribution is -2.47. The van der Waals surface area contributed by atoms with Crippen LogP contribution in [0.25, 0.3) is 0 Å². The molecule has 0 spiro atoms. The largest absolute Gasteiger partial charge is 0.341 e. The van der Waals surface area contributed by atoms with Gasteiger partial charge in [-0.3, -0.25) is 14.5 Å². The Labute approximate surface area is 189 Å². The minimum atomic E-state index is -0.976. The molecule has 2 aliphatic heterocycles. The zero-order valence-electron chi connectivity index (χ0n) is 18.6. The monoisotopic (exact) mass is 433 g/mol. The minimum absolute atomic E-state index is 0.154. The Bertz CT molecular complexity index is 955. The van der Waals surface area contributed by atoms with Crippen LogP contribution in [0.4, 0.5) is 4.79 Å². The molecule has 1 unspecified atom stereocenters. The molecule has 0 radical (unpaired) electrons. The topological polar surface area (TPSA) is 69.7 Å². The third-order valence-electron chi connectivity index (χ3n) is 6.73. The number of hydrogen-bond donors (Lipinski definition) is 1. The molecular weight excluding hydrogens is 402 g/mol. The quantitative estimate of drug-likeness (QED) is 0.681. The van der Waals surface area contributed by atoms with Crippen LogP contribution in [-0.2, 0) is 22.4 Å². The molecule has 4 amide bonds. The van der Waals surface area contributed by atoms with Crippen LogP contribution in [0.5, 0.6) is 0 Å². The van der Waals surface area contributed by atoms with E-state index in [1.165, 1.54) is 5.56 Å². The highest BCUT2D eigenvalue weighted by molar-refractivity contribution is 6.08. The average Bonchev–Trinajstić information content (AvgIpc) is 3.03. The summed E-state index contributed by atoms with van der Waals surface area (Å²) in [6.45, 7) is 2.90. The first-order valence-corrected chi connectivity index (χ1v) is 11.4. The molecule has 0 aliphatic carbocycles. The lowest BCUT2D eigenvalue weighted by atomic mass is 9.90. The van der Waals surface area contributed by atoms with E-state index in [1.54, 1.807) is 11.8 Å². The molecular formula is C26H31N3O3. The molecule has 2 aromatic rings. The van der Waals surface area contributed by atoms with Crippen molar-refractivity contribution >= 4 is 17.8 Å². The Morgan fingerprint density at radius 1 is 0.969 bits per heavy atom. The van der Waals surface area contributed by atoms with E-state index in [-0.39, 0.29) is 18.4 Å². The number of benzene rings is 2. The zero-order valence-corrected chi connectivity index (χ0v) is 18.6. The van der Waals surface area contributed by atoms with Crippen molar-refractivity contribution in [3.8, 4) is 0 Å². The highest BCUT2D eigenvalue weighted by Gasteiger charge is 2.48. The summed E-state index contributed by atoms with van der Waals surface area (Å²) in [6.07, 6.45) is 4.08. The maximum absolute atomic E-state index is 13.0. The molecule has 0 aromatic heterocycles. The molecule has 4 rings (SSSR count). The van der Waals surface area contributed by atoms with Crippen molar-refractivity contribution in [2.45, 2.75) is 44.6 Å². The molecule has 0 saturated carbocycles. The van der Waals surface area contributed by atoms with Gasteiger partial charge in [-0.25, -0.2) is 4.79 Å². The van der Waals surface area contributed by atoms with E-state index in [9.17, 15) is 14.4 Å². The number of carbonyl (C=O) groups excluding carboxylic acids is 3. The molecule has 2 aromatic carbocycles. The standard InChI is InChI=1S/C26H31N3O3/c1-26(15-12-20-8-4-2-5-9-20)24(31)29(25(32)27-26)19-23(30)28-16-13-22(14-17-28)18-21-10-6-3-7-11-21/h2-11,22H,12-19H2,1H3,(H,27,32). The predicted octanol–water partition coefficient (Wildman–Crippen LogP) is 3.41. The number of imide groups is 1. The third kappa shape index (κ3) is 5.01. The van der Waals surface area contributed by atoms with Crippen molar-refractivity contribution in [2.24, 2.45) is 5.92 Å². The van der Waals surface area contributed by atoms with Gasteiger partial charge in [-0.15, -0.1) is 0 Å². The van der Waals surface area contributed by atoms with Crippen molar-refractivity contribution in [1.82, 2.24) is 15.1 Å². The summed E-state index contributed by atoms with van der Waals surface area (Å²) in [6, 6.07) is 19.8. The summed E-state index contributed by atoms with van der Waals surface area (Å²) in [5, 5.41) is 2.81. The van der Waals surface area contributed by atoms with E-state index in [0.29, 0.717) is 31.8 Å². The smallest absolute Gasteiger partial charge is 0.325 e. The Morgan fingerprint density at radius 2 is 1.56 bits per heavy atom. The minimum Gasteiger partial charge on any atom is -0.341 e. The van der Waals surface area contributed by atoms with Crippen molar-refractivity contribution in [3.63, 3.8) is 0 Å². The number of aryl methyl sites for hydroxylation is 1. The molecule has 1 N–H and O–H groups in total. The second-order valence-electron chi connectivity index (χ2n) is 9.15. The number of hydrogen-bond acceptors (Lipinski definition) is 3. The number of nitrogens with zero attached hydrogens (tertiary/aromatic N) is 2. The Kier molecular flexibility index (Phi) is 6.58. The molecule has 168 valence electrons. The normalized spacial score (nSPS) is 21.7. The van der Waals surface area contributed by atoms with Gasteiger partial charge in [0.05, 0.1) is 0 Å². The highest BCUT2D eigenvalue weighted by Crippen LogP contribution is 2.25. The van der Waals surface area contributed by atoms with Gasteiger partial charge >= 0.3 is 6.03 Å². The van der Waals surface area contributed by atoms with Gasteiger partial charge in [0.1, 0.15) is 12.1 Å². The van der Waals surface area contributed by atoms with Crippen LogP contribution in [0.2, 0.25) is 0 Å². The number of urea groups is 1. The predicted molar refractivity (Wildman–Crippen MR) is 123 cm³/mol. The Morgan fingerprint density at radius 3 is 2.19 bits per heavy atom. The summed E-state index contributed by atoms with van der Waals surface area (Å²) in [5.74, 6) is 0.0872. The maximum Gasteiger partial charge on any atom is 0.325 e. The van der Waals surface area contributed by atoms with Gasteiger partial charge in [-0.2, -0.15) is 0 Å². The van der Waals surface area contributed by atoms with E-state index in [4.69, 9.17) is 0 Å². The van der Waals surface area contributed by atoms with Crippen molar-refractivity contribution < 1.29 is 14.4 Å². The molecule has 2 heterocycles. The molecule has 32 heavy (non-hydrogen) atoms. The molecule has 1 atom stereocenters. The molecule has 0 bridgehead atoms. The first-order chi connectivity index (χ1) is 15.4. The number of rotatable bonds is 7. The van der Waals surface area contributed by atoms with Crippen LogP contribution in [0, 0.1) is 5.92 Å². The number of likely N-dealkylation sites (tertiary alicyclic amines) is 1. The summed E-state index contributed by atoms with van der Waals surface area (Å²) < 4.78 is 0. The Balaban J connectivity index is 1.28. The van der Waals surface area contributed by atoms with E-state index in [0.717, 1.165) is 29.7 Å². The molecule has 2 aliphatic rings. The number of piperidine rings is 1. The van der Waals surface area contributed by atoms with Gasteiger partial charge in [0.2, 0.25) is 5.91 Å². The highest BCUT2D eigenvalue weighted by atomic mass is 16.2. The fourth-order valence-electron chi connectivity index (χ4n) is 4.67. The lowest BCUT2D eigenvalue weighted by Gasteiger charge is -2.33. The van der Waals surface area contributed by atoms with Crippen LogP contribution in [0.3, 0.4) is 0 Å². The second kappa shape index (κ2) is 9.55. The van der Waals surface area contributed by atoms with Crippen LogP contribution in [-0.4, -0.2) is 52.8 Å². The first kappa shape index (κ1) is 22.1. The van der Waals surface area contributed by atoms with Crippen LogP contribution in [0.15, 0.2) is 60.7 Å². The number of nitrogens with one attached hydrogen (secondary N) is 1. The lowest BCUT2D eigenvalue weighted by molar-refractivity contribution is -0.139. The molecule has 2 saturated heterocycles. The zero-order chi connectivity index (χ0) is 22.6. The van der Waals surface area contributed by atoms with Gasteiger partial charge in [0.15, 0.2) is 0 Å². The van der Waals surface area contributed by atoms with Crippen LogP contribution >= 0.6 is 0 Å². The molecule has 6 nitrogen and oxygen atoms in total. The van der Waals surface area contributed by atoms with Gasteiger partial charge in [0.25, 0.3) is 5.91 Å². The van der Waals surface area contributed by atoms with Crippen molar-refractivity contribution in [1.29, 1.82) is 0 Å². The van der Waals surface area contributed by atoms with E-state index < -0.39 is 11.6 Å². The summed E-state index contributed by atoms with van der Waals surface area (Å²) in [5.41, 5.74) is 1.46. The van der Waals surface area contributed by atoms with E-state index in [2.05, 4.69) is 29.6 Å². The maximum atomic E-state index is 13.0. The molecule has 2 fully saturated rings. The van der Waals surface area contributed by atoms with Gasteiger partial charge in [-0.1, -0.05) is 60.7 Å². The fourth-order valence-corrected chi connectivity index (χ4v) is 4.67. The fraction of sp³-hybridized carbons (Fsp3) is 0.423. The Hall–Kier alpha value is -3.15. The van der Waals surface area contributed by atoms with E-state index in [1.807, 2.05) is 36.4 Å². The van der Waals surface area contributed by atoms with Gasteiger partial charge < -0.3 is 10.2 Å². The van der Waals surface area contributed by atoms with Gasteiger partial charge in [0, 0.05) is 13.1 Å². The van der Waals surface area contributed by atoms with Gasteiger partial charge in [-0.05, 0) is 56.1 Å². The van der Waals surface area contributed by atoms with E-state index >= 15 is 0 Å². The average molecular weight is 434 g/mol. The SMILES string of the molecule is CC1(CCc2ccccc2)NC(=O)N(CC(=O)N2CCC(Cc3ccccc3)CC2)C1=O. The molecule has 6 heteroatoms. The number of amides is 4. The van der Waals surface area contributed by atoms with Crippen molar-refractivity contribution in [3.05, 3.63) is 71.8 Å². The van der Waals surface area contributed by atoms with Crippen LogP contribution < -0.4 is 5.32 Å². The number of carbonyl (C=O) groups is 3. The van der Waals surface area contributed by atoms with Crippen LogP contribution in [0.1, 0.15) is 37.3 Å². The van der Waals surface area contributed by atoms with Crippen molar-refractivity contribution in [2.75, 3.05) is 19.6 Å². The summed E-state index contributed by atoms with van der Waals surface area (Å²) in [7, 11) is 0. The first-order valence-electron chi connectivity index (χ1n) is 11.4. The summed E-state index contributed by atoms with van der Waals surface area (Å²) >= 11 is 0. The third-order valence-corrected chi connectivity index (χ3v) is 6.73. The summed E-state index contributed by atoms with van der Waals surface area (Å²) in [4.78, 5) is 41.2.